The molecule has 1 saturated carbocycles. The van der Waals surface area contributed by atoms with E-state index in [0.29, 0.717) is 11.9 Å². The van der Waals surface area contributed by atoms with Gasteiger partial charge in [-0.15, -0.1) is 12.4 Å². The smallest absolute Gasteiger partial charge is 0.227 e. The Morgan fingerprint density at radius 2 is 1.91 bits per heavy atom. The molecule has 134 valence electrons. The van der Waals surface area contributed by atoms with Crippen LogP contribution in [0.15, 0.2) is 0 Å². The molecule has 0 aromatic carbocycles. The van der Waals surface area contributed by atoms with Gasteiger partial charge in [0.05, 0.1) is 12.0 Å². The third-order valence-corrected chi connectivity index (χ3v) is 5.78. The second-order valence-electron chi connectivity index (χ2n) is 7.58. The van der Waals surface area contributed by atoms with E-state index in [4.69, 9.17) is 4.74 Å². The summed E-state index contributed by atoms with van der Waals surface area (Å²) >= 11 is 0. The summed E-state index contributed by atoms with van der Waals surface area (Å²) in [6.45, 7) is 5.97. The standard InChI is InChI=1S/C18H32N2O2.ClH/c1-14-6-8-16(9-7-14)20(13-17-5-3-11-22-17)18(21)15-4-2-10-19-12-15;/h14-17,19H,2-13H2,1H3;1H. The molecular formula is C18H33ClN2O2. The number of carbonyl (C=O) groups excluding carboxylic acids is 1. The summed E-state index contributed by atoms with van der Waals surface area (Å²) in [5.41, 5.74) is 0. The molecule has 1 N–H and O–H groups in total. The summed E-state index contributed by atoms with van der Waals surface area (Å²) in [5.74, 6) is 1.41. The van der Waals surface area contributed by atoms with Crippen LogP contribution in [-0.4, -0.2) is 49.2 Å². The van der Waals surface area contributed by atoms with Crippen LogP contribution in [0.4, 0.5) is 0 Å². The van der Waals surface area contributed by atoms with Crippen molar-refractivity contribution in [3.05, 3.63) is 0 Å². The predicted octanol–water partition coefficient (Wildman–Crippen LogP) is 2.99. The lowest BCUT2D eigenvalue weighted by Crippen LogP contribution is -2.50. The highest BCUT2D eigenvalue weighted by atomic mass is 35.5. The molecule has 0 radical (unpaired) electrons. The number of amides is 1. The quantitative estimate of drug-likeness (QED) is 0.852. The molecule has 5 heteroatoms. The van der Waals surface area contributed by atoms with Crippen LogP contribution in [0, 0.1) is 11.8 Å². The number of ether oxygens (including phenoxy) is 1. The van der Waals surface area contributed by atoms with Gasteiger partial charge in [0.1, 0.15) is 0 Å². The lowest BCUT2D eigenvalue weighted by Gasteiger charge is -2.39. The van der Waals surface area contributed by atoms with Crippen molar-refractivity contribution in [2.75, 3.05) is 26.2 Å². The van der Waals surface area contributed by atoms with Crippen molar-refractivity contribution in [2.45, 2.75) is 70.4 Å². The fourth-order valence-electron chi connectivity index (χ4n) is 4.28. The van der Waals surface area contributed by atoms with Crippen LogP contribution < -0.4 is 5.32 Å². The fraction of sp³-hybridized carbons (Fsp3) is 0.944. The molecule has 2 aliphatic heterocycles. The number of hydrogen-bond donors (Lipinski definition) is 1. The predicted molar refractivity (Wildman–Crippen MR) is 94.9 cm³/mol. The van der Waals surface area contributed by atoms with Crippen molar-refractivity contribution in [1.29, 1.82) is 0 Å². The van der Waals surface area contributed by atoms with Gasteiger partial charge >= 0.3 is 0 Å². The summed E-state index contributed by atoms with van der Waals surface area (Å²) in [5, 5.41) is 3.40. The molecule has 1 aliphatic carbocycles. The minimum atomic E-state index is 0. The summed E-state index contributed by atoms with van der Waals surface area (Å²) in [7, 11) is 0. The number of halogens is 1. The monoisotopic (exact) mass is 344 g/mol. The highest BCUT2D eigenvalue weighted by Crippen LogP contribution is 2.30. The SMILES string of the molecule is CC1CCC(N(CC2CCCO2)C(=O)C2CCCNC2)CC1.Cl. The maximum Gasteiger partial charge on any atom is 0.227 e. The number of hydrogen-bond acceptors (Lipinski definition) is 3. The van der Waals surface area contributed by atoms with Crippen molar-refractivity contribution in [3.63, 3.8) is 0 Å². The molecule has 3 aliphatic rings. The highest BCUT2D eigenvalue weighted by molar-refractivity contribution is 5.85. The zero-order chi connectivity index (χ0) is 15.4. The second-order valence-corrected chi connectivity index (χ2v) is 7.58. The third kappa shape index (κ3) is 5.07. The Kier molecular flexibility index (Phi) is 7.64. The van der Waals surface area contributed by atoms with Crippen LogP contribution in [0.5, 0.6) is 0 Å². The minimum Gasteiger partial charge on any atom is -0.376 e. The van der Waals surface area contributed by atoms with Crippen LogP contribution >= 0.6 is 12.4 Å². The van der Waals surface area contributed by atoms with E-state index in [0.717, 1.165) is 57.8 Å². The van der Waals surface area contributed by atoms with Gasteiger partial charge in [-0.05, 0) is 63.8 Å². The fourth-order valence-corrected chi connectivity index (χ4v) is 4.28. The van der Waals surface area contributed by atoms with E-state index in [1.165, 1.54) is 25.7 Å². The number of carbonyl (C=O) groups is 1. The molecule has 0 bridgehead atoms. The average Bonchev–Trinajstić information content (AvgIpc) is 3.07. The van der Waals surface area contributed by atoms with Crippen LogP contribution in [0.3, 0.4) is 0 Å². The number of nitrogens with one attached hydrogen (secondary N) is 1. The van der Waals surface area contributed by atoms with E-state index in [9.17, 15) is 4.79 Å². The topological polar surface area (TPSA) is 41.6 Å². The van der Waals surface area contributed by atoms with Crippen LogP contribution in [0.2, 0.25) is 0 Å². The van der Waals surface area contributed by atoms with Gasteiger partial charge in [-0.2, -0.15) is 0 Å². The molecule has 1 amide bonds. The first-order valence-corrected chi connectivity index (χ1v) is 9.37. The van der Waals surface area contributed by atoms with Gasteiger partial charge in [-0.25, -0.2) is 0 Å². The van der Waals surface area contributed by atoms with Gasteiger partial charge in [0, 0.05) is 25.7 Å². The van der Waals surface area contributed by atoms with E-state index in [1.54, 1.807) is 0 Å². The van der Waals surface area contributed by atoms with Crippen LogP contribution in [-0.2, 0) is 9.53 Å². The van der Waals surface area contributed by atoms with E-state index in [2.05, 4.69) is 17.1 Å². The minimum absolute atomic E-state index is 0. The van der Waals surface area contributed by atoms with E-state index >= 15 is 0 Å². The molecule has 0 aromatic rings. The number of rotatable bonds is 4. The molecule has 0 spiro atoms. The highest BCUT2D eigenvalue weighted by Gasteiger charge is 2.34. The van der Waals surface area contributed by atoms with Gasteiger partial charge in [-0.1, -0.05) is 6.92 Å². The first kappa shape index (κ1) is 19.0. The zero-order valence-electron chi connectivity index (χ0n) is 14.5. The summed E-state index contributed by atoms with van der Waals surface area (Å²) in [6.07, 6.45) is 9.63. The first-order valence-electron chi connectivity index (χ1n) is 9.37. The molecule has 4 nitrogen and oxygen atoms in total. The molecule has 3 fully saturated rings. The van der Waals surface area contributed by atoms with Crippen molar-refractivity contribution in [1.82, 2.24) is 10.2 Å². The van der Waals surface area contributed by atoms with Crippen molar-refractivity contribution < 1.29 is 9.53 Å². The van der Waals surface area contributed by atoms with Gasteiger partial charge in [-0.3, -0.25) is 4.79 Å². The zero-order valence-corrected chi connectivity index (χ0v) is 15.3. The Labute approximate surface area is 147 Å². The summed E-state index contributed by atoms with van der Waals surface area (Å²) in [4.78, 5) is 15.3. The summed E-state index contributed by atoms with van der Waals surface area (Å²) < 4.78 is 5.82. The van der Waals surface area contributed by atoms with Crippen LogP contribution in [0.1, 0.15) is 58.3 Å². The molecule has 23 heavy (non-hydrogen) atoms. The molecule has 2 atom stereocenters. The largest absolute Gasteiger partial charge is 0.376 e. The number of nitrogens with zero attached hydrogens (tertiary/aromatic N) is 1. The Balaban J connectivity index is 0.00000192. The Hall–Kier alpha value is -0.320. The normalized spacial score (nSPS) is 34.7. The van der Waals surface area contributed by atoms with Crippen LogP contribution in [0.25, 0.3) is 0 Å². The molecule has 0 aromatic heterocycles. The molecular weight excluding hydrogens is 312 g/mol. The van der Waals surface area contributed by atoms with E-state index in [1.807, 2.05) is 0 Å². The molecule has 2 heterocycles. The maximum atomic E-state index is 13.1. The van der Waals surface area contributed by atoms with Crippen molar-refractivity contribution in [2.24, 2.45) is 11.8 Å². The summed E-state index contributed by atoms with van der Waals surface area (Å²) in [6, 6.07) is 0.454. The van der Waals surface area contributed by atoms with E-state index < -0.39 is 0 Å². The third-order valence-electron chi connectivity index (χ3n) is 5.78. The Morgan fingerprint density at radius 1 is 1.13 bits per heavy atom. The van der Waals surface area contributed by atoms with Crippen molar-refractivity contribution in [3.8, 4) is 0 Å². The van der Waals surface area contributed by atoms with Gasteiger partial charge < -0.3 is 15.0 Å². The Bertz CT molecular complexity index is 360. The first-order chi connectivity index (χ1) is 10.7. The average molecular weight is 345 g/mol. The lowest BCUT2D eigenvalue weighted by atomic mass is 9.85. The lowest BCUT2D eigenvalue weighted by molar-refractivity contribution is -0.141. The number of piperidine rings is 1. The molecule has 2 saturated heterocycles. The molecule has 3 rings (SSSR count). The van der Waals surface area contributed by atoms with Gasteiger partial charge in [0.25, 0.3) is 0 Å². The molecule has 2 unspecified atom stereocenters. The van der Waals surface area contributed by atoms with Gasteiger partial charge in [0.15, 0.2) is 0 Å². The van der Waals surface area contributed by atoms with Gasteiger partial charge in [0.2, 0.25) is 5.91 Å². The van der Waals surface area contributed by atoms with E-state index in [-0.39, 0.29) is 24.4 Å². The Morgan fingerprint density at radius 3 is 2.52 bits per heavy atom. The second kappa shape index (κ2) is 9.24. The maximum absolute atomic E-state index is 13.1. The van der Waals surface area contributed by atoms with Crippen molar-refractivity contribution >= 4 is 18.3 Å².